The molecule has 1 unspecified atom stereocenters. The van der Waals surface area contributed by atoms with E-state index >= 15 is 0 Å². The zero-order chi connectivity index (χ0) is 14.9. The fourth-order valence-corrected chi connectivity index (χ4v) is 6.28. The summed E-state index contributed by atoms with van der Waals surface area (Å²) in [6, 6.07) is 0.824. The maximum atomic E-state index is 4.00. The Morgan fingerprint density at radius 3 is 2.00 bits per heavy atom. The lowest BCUT2D eigenvalue weighted by Gasteiger charge is -2.59. The van der Waals surface area contributed by atoms with Crippen molar-refractivity contribution >= 4 is 0 Å². The van der Waals surface area contributed by atoms with E-state index in [0.29, 0.717) is 5.41 Å². The molecule has 1 atom stereocenters. The zero-order valence-electron chi connectivity index (χ0n) is 14.7. The van der Waals surface area contributed by atoms with Gasteiger partial charge in [-0.05, 0) is 87.0 Å². The molecule has 0 amide bonds. The molecule has 4 rings (SSSR count). The Labute approximate surface area is 132 Å². The molecule has 1 heteroatoms. The molecule has 4 saturated carbocycles. The summed E-state index contributed by atoms with van der Waals surface area (Å²) in [6.45, 7) is 8.30. The molecule has 4 aliphatic carbocycles. The molecule has 1 nitrogen and oxygen atoms in total. The third kappa shape index (κ3) is 3.49. The molecule has 0 aromatic heterocycles. The van der Waals surface area contributed by atoms with Crippen LogP contribution in [0.15, 0.2) is 0 Å². The molecule has 1 N–H and O–H groups in total. The van der Waals surface area contributed by atoms with E-state index in [1.165, 1.54) is 32.2 Å². The first-order valence-corrected chi connectivity index (χ1v) is 9.84. The molecule has 0 saturated heterocycles. The van der Waals surface area contributed by atoms with E-state index in [1.54, 1.807) is 38.5 Å². The van der Waals surface area contributed by atoms with E-state index in [-0.39, 0.29) is 0 Å². The van der Waals surface area contributed by atoms with Crippen LogP contribution in [0.4, 0.5) is 0 Å². The van der Waals surface area contributed by atoms with Crippen molar-refractivity contribution in [3.8, 4) is 0 Å². The first-order valence-electron chi connectivity index (χ1n) is 9.84. The van der Waals surface area contributed by atoms with Crippen molar-refractivity contribution in [2.45, 2.75) is 91.0 Å². The molecular formula is C20H37N. The number of rotatable bonds is 8. The third-order valence-corrected chi connectivity index (χ3v) is 6.74. The Hall–Kier alpha value is -0.0400. The molecule has 0 aliphatic heterocycles. The SMILES string of the molecule is CCCNC(CCCC(C)C)C12CC3CC(CC(C3)C1)C2. The van der Waals surface area contributed by atoms with E-state index in [9.17, 15) is 0 Å². The summed E-state index contributed by atoms with van der Waals surface area (Å²) in [4.78, 5) is 0. The monoisotopic (exact) mass is 291 g/mol. The van der Waals surface area contributed by atoms with Crippen LogP contribution in [0.1, 0.15) is 85.0 Å². The van der Waals surface area contributed by atoms with Crippen LogP contribution in [0, 0.1) is 29.1 Å². The van der Waals surface area contributed by atoms with Gasteiger partial charge in [-0.25, -0.2) is 0 Å². The topological polar surface area (TPSA) is 12.0 Å². The Morgan fingerprint density at radius 2 is 1.52 bits per heavy atom. The van der Waals surface area contributed by atoms with Crippen LogP contribution in [-0.2, 0) is 0 Å². The van der Waals surface area contributed by atoms with Crippen LogP contribution < -0.4 is 5.32 Å². The van der Waals surface area contributed by atoms with E-state index in [2.05, 4.69) is 26.1 Å². The fraction of sp³-hybridized carbons (Fsp3) is 1.00. The minimum Gasteiger partial charge on any atom is -0.313 e. The van der Waals surface area contributed by atoms with E-state index < -0.39 is 0 Å². The van der Waals surface area contributed by atoms with Gasteiger partial charge in [0.1, 0.15) is 0 Å². The average molecular weight is 292 g/mol. The quantitative estimate of drug-likeness (QED) is 0.631. The standard InChI is InChI=1S/C20H37N/c1-4-8-21-19(7-5-6-15(2)3)20-12-16-9-17(13-20)11-18(10-16)14-20/h15-19,21H,4-14H2,1-3H3. The van der Waals surface area contributed by atoms with Gasteiger partial charge >= 0.3 is 0 Å². The van der Waals surface area contributed by atoms with E-state index in [0.717, 1.165) is 29.7 Å². The maximum absolute atomic E-state index is 4.00. The number of hydrogen-bond donors (Lipinski definition) is 1. The van der Waals surface area contributed by atoms with Crippen LogP contribution in [0.5, 0.6) is 0 Å². The van der Waals surface area contributed by atoms with Crippen molar-refractivity contribution in [1.82, 2.24) is 5.32 Å². The summed E-state index contributed by atoms with van der Waals surface area (Å²) < 4.78 is 0. The van der Waals surface area contributed by atoms with Crippen LogP contribution in [0.3, 0.4) is 0 Å². The second kappa shape index (κ2) is 6.60. The molecule has 0 spiro atoms. The highest BCUT2D eigenvalue weighted by Gasteiger charge is 2.53. The predicted molar refractivity (Wildman–Crippen MR) is 91.4 cm³/mol. The van der Waals surface area contributed by atoms with Gasteiger partial charge in [-0.1, -0.05) is 33.6 Å². The first kappa shape index (κ1) is 15.8. The van der Waals surface area contributed by atoms with E-state index in [4.69, 9.17) is 0 Å². The molecule has 4 fully saturated rings. The van der Waals surface area contributed by atoms with Crippen LogP contribution >= 0.6 is 0 Å². The molecule has 0 radical (unpaired) electrons. The highest BCUT2D eigenvalue weighted by molar-refractivity contribution is 5.06. The molecule has 21 heavy (non-hydrogen) atoms. The second-order valence-electron chi connectivity index (χ2n) is 9.11. The van der Waals surface area contributed by atoms with Gasteiger partial charge in [-0.3, -0.25) is 0 Å². The Bertz CT molecular complexity index is 297. The highest BCUT2D eigenvalue weighted by Crippen LogP contribution is 2.61. The van der Waals surface area contributed by atoms with Crippen LogP contribution in [-0.4, -0.2) is 12.6 Å². The van der Waals surface area contributed by atoms with Gasteiger partial charge in [-0.15, -0.1) is 0 Å². The average Bonchev–Trinajstić information content (AvgIpc) is 2.40. The Morgan fingerprint density at radius 1 is 0.952 bits per heavy atom. The molecule has 0 aromatic carbocycles. The number of hydrogen-bond acceptors (Lipinski definition) is 1. The van der Waals surface area contributed by atoms with Crippen LogP contribution in [0.2, 0.25) is 0 Å². The molecule has 0 aromatic rings. The summed E-state index contributed by atoms with van der Waals surface area (Å²) in [5, 5.41) is 4.00. The van der Waals surface area contributed by atoms with Gasteiger partial charge in [0.15, 0.2) is 0 Å². The molecule has 122 valence electrons. The molecule has 0 heterocycles. The Balaban J connectivity index is 1.66. The van der Waals surface area contributed by atoms with Gasteiger partial charge in [0.2, 0.25) is 0 Å². The lowest BCUT2D eigenvalue weighted by atomic mass is 9.47. The van der Waals surface area contributed by atoms with Gasteiger partial charge in [0, 0.05) is 6.04 Å². The summed E-state index contributed by atoms with van der Waals surface area (Å²) in [7, 11) is 0. The number of nitrogens with one attached hydrogen (secondary N) is 1. The molecule has 4 bridgehead atoms. The smallest absolute Gasteiger partial charge is 0.0124 e. The summed E-state index contributed by atoms with van der Waals surface area (Å²) in [5.41, 5.74) is 0.695. The molecular weight excluding hydrogens is 254 g/mol. The van der Waals surface area contributed by atoms with Gasteiger partial charge in [0.25, 0.3) is 0 Å². The highest BCUT2D eigenvalue weighted by atomic mass is 14.9. The van der Waals surface area contributed by atoms with E-state index in [1.807, 2.05) is 0 Å². The third-order valence-electron chi connectivity index (χ3n) is 6.74. The fourth-order valence-electron chi connectivity index (χ4n) is 6.28. The van der Waals surface area contributed by atoms with Crippen molar-refractivity contribution in [2.24, 2.45) is 29.1 Å². The lowest BCUT2D eigenvalue weighted by Crippen LogP contribution is -2.56. The minimum atomic E-state index is 0.695. The summed E-state index contributed by atoms with van der Waals surface area (Å²) in [5.74, 6) is 4.14. The summed E-state index contributed by atoms with van der Waals surface area (Å²) in [6.07, 6.45) is 15.0. The van der Waals surface area contributed by atoms with Crippen molar-refractivity contribution in [3.63, 3.8) is 0 Å². The van der Waals surface area contributed by atoms with Crippen molar-refractivity contribution < 1.29 is 0 Å². The minimum absolute atomic E-state index is 0.695. The largest absolute Gasteiger partial charge is 0.313 e. The Kier molecular flexibility index (Phi) is 4.98. The van der Waals surface area contributed by atoms with Crippen molar-refractivity contribution in [1.29, 1.82) is 0 Å². The zero-order valence-corrected chi connectivity index (χ0v) is 14.7. The second-order valence-corrected chi connectivity index (χ2v) is 9.11. The normalized spacial score (nSPS) is 39.1. The van der Waals surface area contributed by atoms with Crippen molar-refractivity contribution in [3.05, 3.63) is 0 Å². The summed E-state index contributed by atoms with van der Waals surface area (Å²) >= 11 is 0. The van der Waals surface area contributed by atoms with Crippen LogP contribution in [0.25, 0.3) is 0 Å². The van der Waals surface area contributed by atoms with Gasteiger partial charge in [-0.2, -0.15) is 0 Å². The maximum Gasteiger partial charge on any atom is 0.0124 e. The van der Waals surface area contributed by atoms with Gasteiger partial charge in [0.05, 0.1) is 0 Å². The lowest BCUT2D eigenvalue weighted by molar-refractivity contribution is -0.0756. The van der Waals surface area contributed by atoms with Crippen molar-refractivity contribution in [2.75, 3.05) is 6.54 Å². The van der Waals surface area contributed by atoms with Gasteiger partial charge < -0.3 is 5.32 Å². The predicted octanol–water partition coefficient (Wildman–Crippen LogP) is 5.40. The first-order chi connectivity index (χ1) is 10.1. The molecule has 4 aliphatic rings.